The van der Waals surface area contributed by atoms with Gasteiger partial charge in [-0.05, 0) is 23.6 Å². The van der Waals surface area contributed by atoms with Gasteiger partial charge in [0.2, 0.25) is 11.9 Å². The minimum absolute atomic E-state index is 0.0650. The third-order valence-electron chi connectivity index (χ3n) is 3.53. The molecule has 0 radical (unpaired) electrons. The summed E-state index contributed by atoms with van der Waals surface area (Å²) >= 11 is 2.77. The standard InChI is InChI=1S/C16H13N7OS2/c17-14-19-11(20-15(18)22-14)8-26-16-21-12-10(6-7-25-12)13(24)23(16)9-4-2-1-3-5-9/h1-7H,8H2,(H4,17,18,19,20,22). The molecule has 26 heavy (non-hydrogen) atoms. The van der Waals surface area contributed by atoms with Gasteiger partial charge < -0.3 is 11.5 Å². The highest BCUT2D eigenvalue weighted by Gasteiger charge is 2.15. The number of aromatic nitrogens is 5. The van der Waals surface area contributed by atoms with Crippen molar-refractivity contribution in [1.82, 2.24) is 24.5 Å². The van der Waals surface area contributed by atoms with Crippen molar-refractivity contribution in [3.63, 3.8) is 0 Å². The van der Waals surface area contributed by atoms with Crippen LogP contribution >= 0.6 is 23.1 Å². The predicted molar refractivity (Wildman–Crippen MR) is 103 cm³/mol. The first kappa shape index (κ1) is 16.5. The van der Waals surface area contributed by atoms with Crippen molar-refractivity contribution in [2.24, 2.45) is 0 Å². The predicted octanol–water partition coefficient (Wildman–Crippen LogP) is 2.09. The van der Waals surface area contributed by atoms with Gasteiger partial charge in [-0.15, -0.1) is 11.3 Å². The molecule has 3 aromatic heterocycles. The van der Waals surface area contributed by atoms with Crippen LogP contribution in [0.1, 0.15) is 5.82 Å². The molecule has 0 fully saturated rings. The maximum absolute atomic E-state index is 13.0. The van der Waals surface area contributed by atoms with Crippen LogP contribution in [0.3, 0.4) is 0 Å². The highest BCUT2D eigenvalue weighted by molar-refractivity contribution is 7.98. The van der Waals surface area contributed by atoms with E-state index >= 15 is 0 Å². The minimum Gasteiger partial charge on any atom is -0.368 e. The molecule has 1 aromatic carbocycles. The number of para-hydroxylation sites is 1. The summed E-state index contributed by atoms with van der Waals surface area (Å²) < 4.78 is 1.59. The zero-order chi connectivity index (χ0) is 18.1. The first-order chi connectivity index (χ1) is 12.6. The Kier molecular flexibility index (Phi) is 4.27. The average Bonchev–Trinajstić information content (AvgIpc) is 3.09. The minimum atomic E-state index is -0.111. The first-order valence-corrected chi connectivity index (χ1v) is 9.43. The largest absolute Gasteiger partial charge is 0.368 e. The van der Waals surface area contributed by atoms with Gasteiger partial charge in [0.15, 0.2) is 5.16 Å². The summed E-state index contributed by atoms with van der Waals surface area (Å²) in [4.78, 5) is 30.2. The molecule has 4 N–H and O–H groups in total. The summed E-state index contributed by atoms with van der Waals surface area (Å²) in [7, 11) is 0. The molecule has 0 aliphatic carbocycles. The summed E-state index contributed by atoms with van der Waals surface area (Å²) in [5, 5.41) is 3.00. The second kappa shape index (κ2) is 6.73. The summed E-state index contributed by atoms with van der Waals surface area (Å²) in [6, 6.07) is 11.2. The van der Waals surface area contributed by atoms with Crippen LogP contribution in [0.5, 0.6) is 0 Å². The number of nitrogens with two attached hydrogens (primary N) is 2. The monoisotopic (exact) mass is 383 g/mol. The van der Waals surface area contributed by atoms with Gasteiger partial charge in [0.25, 0.3) is 5.56 Å². The Morgan fingerprint density at radius 3 is 2.46 bits per heavy atom. The Hall–Kier alpha value is -2.98. The van der Waals surface area contributed by atoms with E-state index < -0.39 is 0 Å². The molecule has 130 valence electrons. The van der Waals surface area contributed by atoms with Gasteiger partial charge in [0, 0.05) is 0 Å². The second-order valence-corrected chi connectivity index (χ2v) is 7.10. The van der Waals surface area contributed by atoms with Gasteiger partial charge in [-0.1, -0.05) is 30.0 Å². The van der Waals surface area contributed by atoms with Crippen molar-refractivity contribution in [2.45, 2.75) is 10.9 Å². The highest BCUT2D eigenvalue weighted by Crippen LogP contribution is 2.25. The number of hydrogen-bond donors (Lipinski definition) is 2. The molecule has 0 amide bonds. The SMILES string of the molecule is Nc1nc(N)nc(CSc2nc3sccc3c(=O)n2-c2ccccc2)n1. The van der Waals surface area contributed by atoms with Crippen LogP contribution in [0, 0.1) is 0 Å². The van der Waals surface area contributed by atoms with Crippen LogP contribution in [-0.4, -0.2) is 24.5 Å². The van der Waals surface area contributed by atoms with Gasteiger partial charge >= 0.3 is 0 Å². The van der Waals surface area contributed by atoms with Gasteiger partial charge in [0.05, 0.1) is 16.8 Å². The number of hydrogen-bond acceptors (Lipinski definition) is 9. The number of thioether (sulfide) groups is 1. The fourth-order valence-electron chi connectivity index (χ4n) is 2.45. The molecule has 0 saturated heterocycles. The number of thiophene rings is 1. The molecule has 3 heterocycles. The van der Waals surface area contributed by atoms with E-state index in [0.29, 0.717) is 27.0 Å². The molecule has 0 bridgehead atoms. The van der Waals surface area contributed by atoms with Crippen molar-refractivity contribution >= 4 is 45.2 Å². The Bertz CT molecular complexity index is 1120. The van der Waals surface area contributed by atoms with Crippen molar-refractivity contribution in [2.75, 3.05) is 11.5 Å². The maximum atomic E-state index is 13.0. The lowest BCUT2D eigenvalue weighted by Crippen LogP contribution is -2.21. The van der Waals surface area contributed by atoms with Gasteiger partial charge in [-0.2, -0.15) is 15.0 Å². The lowest BCUT2D eigenvalue weighted by atomic mass is 10.3. The number of nitrogen functional groups attached to an aromatic ring is 2. The van der Waals surface area contributed by atoms with Crippen LogP contribution in [-0.2, 0) is 5.75 Å². The topological polar surface area (TPSA) is 126 Å². The van der Waals surface area contributed by atoms with E-state index in [1.165, 1.54) is 23.1 Å². The molecule has 0 atom stereocenters. The third-order valence-corrected chi connectivity index (χ3v) is 5.27. The lowest BCUT2D eigenvalue weighted by molar-refractivity contribution is 0.821. The molecule has 4 rings (SSSR count). The molecule has 0 spiro atoms. The summed E-state index contributed by atoms with van der Waals surface area (Å²) in [6.07, 6.45) is 0. The normalized spacial score (nSPS) is 11.1. The van der Waals surface area contributed by atoms with Crippen LogP contribution < -0.4 is 17.0 Å². The van der Waals surface area contributed by atoms with E-state index in [9.17, 15) is 4.79 Å². The van der Waals surface area contributed by atoms with Gasteiger partial charge in [0.1, 0.15) is 10.7 Å². The Morgan fingerprint density at radius 1 is 1.00 bits per heavy atom. The summed E-state index contributed by atoms with van der Waals surface area (Å²) in [5.74, 6) is 0.915. The Morgan fingerprint density at radius 2 is 1.73 bits per heavy atom. The molecule has 10 heteroatoms. The quantitative estimate of drug-likeness (QED) is 0.405. The second-order valence-electron chi connectivity index (χ2n) is 5.27. The maximum Gasteiger partial charge on any atom is 0.267 e. The fourth-order valence-corrected chi connectivity index (χ4v) is 4.12. The molecular weight excluding hydrogens is 370 g/mol. The smallest absolute Gasteiger partial charge is 0.267 e. The zero-order valence-electron chi connectivity index (χ0n) is 13.4. The molecule has 0 aliphatic rings. The van der Waals surface area contributed by atoms with E-state index in [1.54, 1.807) is 10.6 Å². The molecule has 4 aromatic rings. The van der Waals surface area contributed by atoms with E-state index in [4.69, 9.17) is 11.5 Å². The van der Waals surface area contributed by atoms with Crippen molar-refractivity contribution in [3.05, 3.63) is 58.0 Å². The van der Waals surface area contributed by atoms with Gasteiger partial charge in [-0.25, -0.2) is 4.98 Å². The van der Waals surface area contributed by atoms with E-state index in [-0.39, 0.29) is 17.5 Å². The van der Waals surface area contributed by atoms with Gasteiger partial charge in [-0.3, -0.25) is 9.36 Å². The van der Waals surface area contributed by atoms with E-state index in [1.807, 2.05) is 35.7 Å². The lowest BCUT2D eigenvalue weighted by Gasteiger charge is -2.11. The average molecular weight is 383 g/mol. The summed E-state index contributed by atoms with van der Waals surface area (Å²) in [6.45, 7) is 0. The van der Waals surface area contributed by atoms with Crippen LogP contribution in [0.4, 0.5) is 11.9 Å². The van der Waals surface area contributed by atoms with Crippen molar-refractivity contribution in [1.29, 1.82) is 0 Å². The fraction of sp³-hybridized carbons (Fsp3) is 0.0625. The number of anilines is 2. The highest BCUT2D eigenvalue weighted by atomic mass is 32.2. The Labute approximate surface area is 156 Å². The van der Waals surface area contributed by atoms with Crippen molar-refractivity contribution in [3.8, 4) is 5.69 Å². The first-order valence-electron chi connectivity index (χ1n) is 7.56. The molecule has 0 unspecified atom stereocenters. The van der Waals surface area contributed by atoms with E-state index in [0.717, 1.165) is 5.69 Å². The molecule has 0 aliphatic heterocycles. The number of nitrogens with zero attached hydrogens (tertiary/aromatic N) is 5. The van der Waals surface area contributed by atoms with Crippen LogP contribution in [0.25, 0.3) is 15.9 Å². The van der Waals surface area contributed by atoms with E-state index in [2.05, 4.69) is 19.9 Å². The number of fused-ring (bicyclic) bond motifs is 1. The van der Waals surface area contributed by atoms with Crippen LogP contribution in [0.2, 0.25) is 0 Å². The Balaban J connectivity index is 1.79. The summed E-state index contributed by atoms with van der Waals surface area (Å²) in [5.41, 5.74) is 11.9. The molecule has 0 saturated carbocycles. The molecule has 8 nitrogen and oxygen atoms in total. The number of rotatable bonds is 4. The van der Waals surface area contributed by atoms with Crippen LogP contribution in [0.15, 0.2) is 51.7 Å². The zero-order valence-corrected chi connectivity index (χ0v) is 15.0. The number of benzene rings is 1. The third kappa shape index (κ3) is 3.11. The van der Waals surface area contributed by atoms with Crippen molar-refractivity contribution < 1.29 is 0 Å². The molecular formula is C16H13N7OS2.